The second-order valence-electron chi connectivity index (χ2n) is 12.3. The van der Waals surface area contributed by atoms with Crippen LogP contribution in [-0.4, -0.2) is 52.3 Å². The van der Waals surface area contributed by atoms with Gasteiger partial charge in [0.2, 0.25) is 0 Å². The summed E-state index contributed by atoms with van der Waals surface area (Å²) in [6.07, 6.45) is 1.65. The maximum atomic E-state index is 13.0. The molecule has 0 bridgehead atoms. The smallest absolute Gasteiger partial charge is 0.477 e. The van der Waals surface area contributed by atoms with E-state index in [2.05, 4.69) is 5.32 Å². The molecule has 0 aliphatic heterocycles. The van der Waals surface area contributed by atoms with Crippen molar-refractivity contribution in [3.8, 4) is 11.5 Å². The van der Waals surface area contributed by atoms with Crippen molar-refractivity contribution in [3.05, 3.63) is 23.8 Å². The second kappa shape index (κ2) is 13.3. The van der Waals surface area contributed by atoms with Gasteiger partial charge in [0.15, 0.2) is 11.5 Å². The average Bonchev–Trinajstić information content (AvgIpc) is 2.78. The Morgan fingerprint density at radius 1 is 0.850 bits per heavy atom. The molecule has 0 heterocycles. The van der Waals surface area contributed by atoms with Crippen molar-refractivity contribution in [2.75, 3.05) is 0 Å². The van der Waals surface area contributed by atoms with Gasteiger partial charge >= 0.3 is 24.2 Å². The Labute approximate surface area is 235 Å². The maximum Gasteiger partial charge on any atom is 0.514 e. The number of carboxylic acids is 1. The van der Waals surface area contributed by atoms with Crippen molar-refractivity contribution < 1.29 is 48.0 Å². The molecule has 40 heavy (non-hydrogen) atoms. The van der Waals surface area contributed by atoms with Crippen molar-refractivity contribution in [3.63, 3.8) is 0 Å². The first-order valence-electron chi connectivity index (χ1n) is 13.6. The Kier molecular flexibility index (Phi) is 11.0. The summed E-state index contributed by atoms with van der Waals surface area (Å²) in [6.45, 7) is 13.4. The molecule has 1 aliphatic rings. The third-order valence-corrected chi connectivity index (χ3v) is 5.71. The zero-order chi connectivity index (χ0) is 30.3. The first-order valence-corrected chi connectivity index (χ1v) is 13.6. The average molecular weight is 566 g/mol. The van der Waals surface area contributed by atoms with E-state index in [4.69, 9.17) is 23.7 Å². The molecule has 1 saturated carbocycles. The number of carbonyl (C=O) groups is 4. The van der Waals surface area contributed by atoms with E-state index in [1.165, 1.54) is 18.2 Å². The molecular formula is C29H43NO10. The molecule has 11 heteroatoms. The number of esters is 1. The Balaban J connectivity index is 2.44. The van der Waals surface area contributed by atoms with Crippen molar-refractivity contribution in [2.24, 2.45) is 5.92 Å². The van der Waals surface area contributed by atoms with Crippen LogP contribution < -0.4 is 14.8 Å². The van der Waals surface area contributed by atoms with Gasteiger partial charge in [0.05, 0.1) is 5.92 Å². The molecule has 0 aromatic heterocycles. The summed E-state index contributed by atoms with van der Waals surface area (Å²) >= 11 is 0. The fraction of sp³-hybridized carbons (Fsp3) is 0.655. The summed E-state index contributed by atoms with van der Waals surface area (Å²) in [5, 5.41) is 13.2. The van der Waals surface area contributed by atoms with Gasteiger partial charge in [-0.15, -0.1) is 0 Å². The molecule has 0 radical (unpaired) electrons. The number of ether oxygens (including phenoxy) is 5. The Bertz CT molecular complexity index is 1060. The molecule has 11 nitrogen and oxygen atoms in total. The highest BCUT2D eigenvalue weighted by Crippen LogP contribution is 2.33. The van der Waals surface area contributed by atoms with Gasteiger partial charge in [-0.2, -0.15) is 0 Å². The highest BCUT2D eigenvalue weighted by atomic mass is 16.8. The Morgan fingerprint density at radius 3 is 1.85 bits per heavy atom. The van der Waals surface area contributed by atoms with Crippen LogP contribution in [0.25, 0.3) is 0 Å². The quantitative estimate of drug-likeness (QED) is 0.163. The zero-order valence-electron chi connectivity index (χ0n) is 24.8. The fourth-order valence-electron chi connectivity index (χ4n) is 4.19. The SMILES string of the molecule is CC(C)N[C@@](Cc1ccc(OC(=O)OC(C)(C)C)c(OC(=O)OC(C)(C)C)c1)(OC(=O)C1CCCCC1)C(=O)O. The molecule has 1 aromatic carbocycles. The lowest BCUT2D eigenvalue weighted by Gasteiger charge is -2.34. The minimum Gasteiger partial charge on any atom is -0.477 e. The van der Waals surface area contributed by atoms with E-state index in [9.17, 15) is 24.3 Å². The monoisotopic (exact) mass is 565 g/mol. The standard InChI is InChI=1S/C29H43NO10/c1-18(2)30-29(24(32)33,38-23(31)20-12-10-9-11-13-20)17-19-14-15-21(36-25(34)39-27(3,4)5)22(16-19)37-26(35)40-28(6,7)8/h14-16,18,20,30H,9-13,17H2,1-8H3,(H,32,33)/t29-/m0/s1. The van der Waals surface area contributed by atoms with Crippen molar-refractivity contribution in [1.29, 1.82) is 0 Å². The highest BCUT2D eigenvalue weighted by Gasteiger charge is 2.45. The van der Waals surface area contributed by atoms with E-state index in [-0.39, 0.29) is 29.9 Å². The largest absolute Gasteiger partial charge is 0.514 e. The van der Waals surface area contributed by atoms with Crippen LogP contribution in [-0.2, 0) is 30.2 Å². The van der Waals surface area contributed by atoms with Gasteiger partial charge in [-0.1, -0.05) is 25.3 Å². The zero-order valence-corrected chi connectivity index (χ0v) is 24.8. The van der Waals surface area contributed by atoms with Gasteiger partial charge < -0.3 is 28.8 Å². The van der Waals surface area contributed by atoms with Gasteiger partial charge in [-0.3, -0.25) is 10.1 Å². The lowest BCUT2D eigenvalue weighted by Crippen LogP contribution is -2.59. The predicted octanol–water partition coefficient (Wildman–Crippen LogP) is 5.76. The summed E-state index contributed by atoms with van der Waals surface area (Å²) in [5.74, 6) is -2.70. The lowest BCUT2D eigenvalue weighted by molar-refractivity contribution is -0.188. The van der Waals surface area contributed by atoms with Crippen molar-refractivity contribution in [2.45, 2.75) is 117 Å². The number of carboxylic acid groups (broad SMARTS) is 1. The molecule has 2 N–H and O–H groups in total. The van der Waals surface area contributed by atoms with Crippen LogP contribution in [0.4, 0.5) is 9.59 Å². The number of hydrogen-bond acceptors (Lipinski definition) is 10. The van der Waals surface area contributed by atoms with Gasteiger partial charge in [0.25, 0.3) is 5.72 Å². The molecule has 1 fully saturated rings. The number of rotatable bonds is 9. The fourth-order valence-corrected chi connectivity index (χ4v) is 4.19. The van der Waals surface area contributed by atoms with Crippen LogP contribution in [0.15, 0.2) is 18.2 Å². The number of hydrogen-bond donors (Lipinski definition) is 2. The molecule has 1 atom stereocenters. The van der Waals surface area contributed by atoms with E-state index in [1.807, 2.05) is 0 Å². The molecule has 0 unspecified atom stereocenters. The van der Waals surface area contributed by atoms with Crippen LogP contribution in [0.3, 0.4) is 0 Å². The molecule has 224 valence electrons. The predicted molar refractivity (Wildman–Crippen MR) is 145 cm³/mol. The maximum absolute atomic E-state index is 13.0. The third kappa shape index (κ3) is 10.7. The van der Waals surface area contributed by atoms with Crippen molar-refractivity contribution in [1.82, 2.24) is 5.32 Å². The van der Waals surface area contributed by atoms with Crippen LogP contribution in [0, 0.1) is 5.92 Å². The van der Waals surface area contributed by atoms with Gasteiger partial charge in [0.1, 0.15) is 11.2 Å². The first kappa shape index (κ1) is 32.9. The first-order chi connectivity index (χ1) is 18.4. The molecular weight excluding hydrogens is 522 g/mol. The molecule has 1 aliphatic carbocycles. The van der Waals surface area contributed by atoms with E-state index in [0.717, 1.165) is 19.3 Å². The van der Waals surface area contributed by atoms with Gasteiger partial charge in [-0.05, 0) is 85.9 Å². The Hall–Kier alpha value is -3.34. The van der Waals surface area contributed by atoms with E-state index < -0.39 is 41.2 Å². The number of aliphatic carboxylic acids is 1. The van der Waals surface area contributed by atoms with Crippen molar-refractivity contribution >= 4 is 24.2 Å². The molecule has 0 amide bonds. The number of carbonyl (C=O) groups excluding carboxylic acids is 3. The normalized spacial score (nSPS) is 16.0. The van der Waals surface area contributed by atoms with Crippen LogP contribution >= 0.6 is 0 Å². The number of nitrogens with one attached hydrogen (secondary N) is 1. The minimum absolute atomic E-state index is 0.152. The Morgan fingerprint density at radius 2 is 1.38 bits per heavy atom. The molecule has 0 spiro atoms. The van der Waals surface area contributed by atoms with Gasteiger partial charge in [-0.25, -0.2) is 14.4 Å². The topological polar surface area (TPSA) is 147 Å². The second-order valence-corrected chi connectivity index (χ2v) is 12.3. The van der Waals surface area contributed by atoms with E-state index in [1.54, 1.807) is 55.4 Å². The highest BCUT2D eigenvalue weighted by molar-refractivity contribution is 5.83. The summed E-state index contributed by atoms with van der Waals surface area (Å²) in [7, 11) is 0. The molecule has 0 saturated heterocycles. The summed E-state index contributed by atoms with van der Waals surface area (Å²) in [5.41, 5.74) is -3.48. The lowest BCUT2D eigenvalue weighted by atomic mass is 9.89. The van der Waals surface area contributed by atoms with Crippen LogP contribution in [0.5, 0.6) is 11.5 Å². The molecule has 1 aromatic rings. The summed E-state index contributed by atoms with van der Waals surface area (Å²) in [6, 6.07) is 3.79. The van der Waals surface area contributed by atoms with E-state index >= 15 is 0 Å². The number of benzene rings is 1. The summed E-state index contributed by atoms with van der Waals surface area (Å²) in [4.78, 5) is 50.5. The molecule has 2 rings (SSSR count). The van der Waals surface area contributed by atoms with Gasteiger partial charge in [0, 0.05) is 12.5 Å². The minimum atomic E-state index is -2.10. The van der Waals surface area contributed by atoms with Crippen LogP contribution in [0.2, 0.25) is 0 Å². The van der Waals surface area contributed by atoms with Crippen LogP contribution in [0.1, 0.15) is 93.1 Å². The summed E-state index contributed by atoms with van der Waals surface area (Å²) < 4.78 is 26.8. The third-order valence-electron chi connectivity index (χ3n) is 5.71. The van der Waals surface area contributed by atoms with E-state index in [0.29, 0.717) is 18.4 Å².